The maximum absolute atomic E-state index is 13.4. The van der Waals surface area contributed by atoms with Gasteiger partial charge in [-0.1, -0.05) is 24.6 Å². The molecule has 7 rings (SSSR count). The summed E-state index contributed by atoms with van der Waals surface area (Å²) in [4.78, 5) is 11.5. The van der Waals surface area contributed by atoms with Gasteiger partial charge in [0.1, 0.15) is 5.82 Å². The van der Waals surface area contributed by atoms with E-state index in [1.807, 2.05) is 16.8 Å². The highest BCUT2D eigenvalue weighted by molar-refractivity contribution is 5.53. The van der Waals surface area contributed by atoms with Crippen LogP contribution in [0.15, 0.2) is 42.6 Å². The number of aryl methyl sites for hydroxylation is 1. The summed E-state index contributed by atoms with van der Waals surface area (Å²) in [7, 11) is 1.63. The predicted molar refractivity (Wildman–Crippen MR) is 132 cm³/mol. The molecule has 10 heteroatoms. The summed E-state index contributed by atoms with van der Waals surface area (Å²) in [6, 6.07) is 10.0. The lowest BCUT2D eigenvalue weighted by Crippen LogP contribution is -2.47. The van der Waals surface area contributed by atoms with Crippen molar-refractivity contribution in [3.63, 3.8) is 0 Å². The number of nitrogens with zero attached hydrogens (tertiary/aromatic N) is 5. The van der Waals surface area contributed by atoms with E-state index in [0.717, 1.165) is 56.5 Å². The van der Waals surface area contributed by atoms with Gasteiger partial charge >= 0.3 is 6.18 Å². The van der Waals surface area contributed by atoms with Crippen LogP contribution in [0.3, 0.4) is 0 Å². The van der Waals surface area contributed by atoms with Gasteiger partial charge in [0.15, 0.2) is 0 Å². The minimum absolute atomic E-state index is 0.196. The molecule has 1 spiro atoms. The van der Waals surface area contributed by atoms with Gasteiger partial charge in [-0.05, 0) is 48.3 Å². The van der Waals surface area contributed by atoms with Crippen LogP contribution >= 0.6 is 0 Å². The molecule has 1 aromatic carbocycles. The maximum atomic E-state index is 13.4. The van der Waals surface area contributed by atoms with Gasteiger partial charge in [0.2, 0.25) is 11.8 Å². The van der Waals surface area contributed by atoms with Crippen molar-refractivity contribution in [3.8, 4) is 5.88 Å². The molecule has 4 heterocycles. The summed E-state index contributed by atoms with van der Waals surface area (Å²) in [6.45, 7) is 2.73. The van der Waals surface area contributed by atoms with E-state index in [1.165, 1.54) is 18.6 Å². The third-order valence-electron chi connectivity index (χ3n) is 9.02. The number of methoxy groups -OCH3 is 1. The van der Waals surface area contributed by atoms with Crippen LogP contribution in [0.1, 0.15) is 48.6 Å². The van der Waals surface area contributed by atoms with Crippen LogP contribution in [0.4, 0.5) is 24.8 Å². The fourth-order valence-corrected chi connectivity index (χ4v) is 7.11. The molecule has 2 saturated carbocycles. The fourth-order valence-electron chi connectivity index (χ4n) is 7.11. The van der Waals surface area contributed by atoms with E-state index in [1.54, 1.807) is 19.4 Å². The number of rotatable bonds is 5. The first-order valence-electron chi connectivity index (χ1n) is 13.0. The molecule has 0 radical (unpaired) electrons. The molecule has 1 saturated heterocycles. The Morgan fingerprint density at radius 1 is 1.14 bits per heavy atom. The number of hydrogen-bond donors (Lipinski definition) is 1. The highest BCUT2D eigenvalue weighted by Gasteiger charge is 2.76. The normalized spacial score (nSPS) is 30.0. The highest BCUT2D eigenvalue weighted by Crippen LogP contribution is 2.74. The van der Waals surface area contributed by atoms with E-state index in [-0.39, 0.29) is 5.92 Å². The second kappa shape index (κ2) is 8.10. The molecule has 194 valence electrons. The lowest BCUT2D eigenvalue weighted by molar-refractivity contribution is -0.137. The Hall–Kier alpha value is -3.30. The van der Waals surface area contributed by atoms with E-state index in [4.69, 9.17) is 14.8 Å². The van der Waals surface area contributed by atoms with Gasteiger partial charge in [-0.3, -0.25) is 0 Å². The number of nitrogens with one attached hydrogen (secondary N) is 1. The van der Waals surface area contributed by atoms with Gasteiger partial charge in [-0.25, -0.2) is 9.67 Å². The van der Waals surface area contributed by atoms with Gasteiger partial charge in [0.25, 0.3) is 0 Å². The topological polar surface area (TPSA) is 68.1 Å². The molecule has 2 aromatic heterocycles. The maximum Gasteiger partial charge on any atom is 0.416 e. The van der Waals surface area contributed by atoms with Crippen molar-refractivity contribution in [2.24, 2.45) is 17.3 Å². The average molecular weight is 511 g/mol. The minimum atomic E-state index is -4.36. The van der Waals surface area contributed by atoms with Crippen molar-refractivity contribution >= 4 is 11.6 Å². The van der Waals surface area contributed by atoms with Crippen LogP contribution in [0.2, 0.25) is 0 Å². The van der Waals surface area contributed by atoms with Gasteiger partial charge in [0.05, 0.1) is 12.7 Å². The standard InChI is InChI=1S/C27H29F3N6O/c1-37-22-12-18(8-9-31-22)35-14-21-23(20-13-26(20,21)15-35)32-25-33-24-19(7-2-3-10-36(24)34-25)16-5-4-6-17(11-16)27(28,29)30/h4-6,8-9,11-12,19-21,23H,2-3,7,10,13-15H2,1H3,(H,32,34)/t19-,20?,21-,23+,26?/m0/s1. The van der Waals surface area contributed by atoms with Crippen molar-refractivity contribution in [1.82, 2.24) is 19.7 Å². The molecule has 2 aliphatic heterocycles. The molecule has 1 N–H and O–H groups in total. The number of aromatic nitrogens is 4. The summed E-state index contributed by atoms with van der Waals surface area (Å²) in [5, 5.41) is 8.41. The third-order valence-corrected chi connectivity index (χ3v) is 9.02. The quantitative estimate of drug-likeness (QED) is 0.524. The summed E-state index contributed by atoms with van der Waals surface area (Å²) in [5.41, 5.74) is 1.54. The Kier molecular flexibility index (Phi) is 5.00. The van der Waals surface area contributed by atoms with Crippen LogP contribution in [-0.2, 0) is 12.7 Å². The first-order chi connectivity index (χ1) is 17.9. The van der Waals surface area contributed by atoms with Crippen LogP contribution in [0.25, 0.3) is 0 Å². The Balaban J connectivity index is 1.11. The number of fused-ring (bicyclic) bond motifs is 1. The number of hydrogen-bond acceptors (Lipinski definition) is 6. The molecule has 0 bridgehead atoms. The Morgan fingerprint density at radius 2 is 2.03 bits per heavy atom. The lowest BCUT2D eigenvalue weighted by atomic mass is 9.71. The second-order valence-corrected chi connectivity index (χ2v) is 10.9. The summed E-state index contributed by atoms with van der Waals surface area (Å²) >= 11 is 0. The SMILES string of the molecule is COc1cc(N2C[C@H]3[C@H](Nc4nc5n(n4)CCCC[C@H]5c4cccc(C(F)(F)F)c4)C4CC43C2)ccn1. The number of halogens is 3. The van der Waals surface area contributed by atoms with Crippen LogP contribution in [0, 0.1) is 17.3 Å². The number of alkyl halides is 3. The highest BCUT2D eigenvalue weighted by atomic mass is 19.4. The van der Waals surface area contributed by atoms with Gasteiger partial charge in [-0.15, -0.1) is 5.10 Å². The van der Waals surface area contributed by atoms with Crippen LogP contribution < -0.4 is 15.0 Å². The number of ether oxygens (including phenoxy) is 1. The third kappa shape index (κ3) is 3.67. The van der Waals surface area contributed by atoms with Gasteiger partial charge in [-0.2, -0.15) is 18.2 Å². The zero-order valence-corrected chi connectivity index (χ0v) is 20.6. The molecule has 5 atom stereocenters. The van der Waals surface area contributed by atoms with Crippen molar-refractivity contribution in [3.05, 3.63) is 59.5 Å². The van der Waals surface area contributed by atoms with Crippen LogP contribution in [0.5, 0.6) is 5.88 Å². The molecule has 37 heavy (non-hydrogen) atoms. The van der Waals surface area contributed by atoms with E-state index >= 15 is 0 Å². The zero-order valence-electron chi connectivity index (χ0n) is 20.6. The number of benzene rings is 1. The fraction of sp³-hybridized carbons (Fsp3) is 0.519. The van der Waals surface area contributed by atoms with E-state index in [2.05, 4.69) is 15.2 Å². The molecule has 7 nitrogen and oxygen atoms in total. The molecule has 4 aliphatic rings. The predicted octanol–water partition coefficient (Wildman–Crippen LogP) is 4.95. The van der Waals surface area contributed by atoms with E-state index in [0.29, 0.717) is 40.7 Å². The number of pyridine rings is 1. The molecule has 3 aromatic rings. The minimum Gasteiger partial charge on any atom is -0.481 e. The molecule has 3 fully saturated rings. The van der Waals surface area contributed by atoms with Crippen molar-refractivity contribution in [2.75, 3.05) is 30.4 Å². The average Bonchev–Trinajstić information content (AvgIpc) is 3.26. The molecular formula is C27H29F3N6O. The number of anilines is 2. The summed E-state index contributed by atoms with van der Waals surface area (Å²) in [5.74, 6) is 2.90. The smallest absolute Gasteiger partial charge is 0.416 e. The first-order valence-corrected chi connectivity index (χ1v) is 13.0. The monoisotopic (exact) mass is 510 g/mol. The Bertz CT molecular complexity index is 1340. The largest absolute Gasteiger partial charge is 0.481 e. The van der Waals surface area contributed by atoms with Gasteiger partial charge in [0, 0.05) is 55.5 Å². The van der Waals surface area contributed by atoms with Gasteiger partial charge < -0.3 is 15.0 Å². The molecular weight excluding hydrogens is 481 g/mol. The Morgan fingerprint density at radius 3 is 2.86 bits per heavy atom. The zero-order chi connectivity index (χ0) is 25.4. The lowest BCUT2D eigenvalue weighted by Gasteiger charge is -2.38. The Labute approximate surface area is 213 Å². The van der Waals surface area contributed by atoms with E-state index < -0.39 is 11.7 Å². The van der Waals surface area contributed by atoms with Crippen molar-refractivity contribution in [2.45, 2.75) is 50.4 Å². The molecule has 2 unspecified atom stereocenters. The van der Waals surface area contributed by atoms with Crippen molar-refractivity contribution in [1.29, 1.82) is 0 Å². The summed E-state index contributed by atoms with van der Waals surface area (Å²) < 4.78 is 47.3. The molecule has 2 aliphatic carbocycles. The van der Waals surface area contributed by atoms with Crippen LogP contribution in [-0.4, -0.2) is 46.0 Å². The second-order valence-electron chi connectivity index (χ2n) is 10.9. The van der Waals surface area contributed by atoms with E-state index in [9.17, 15) is 13.2 Å². The van der Waals surface area contributed by atoms with Crippen molar-refractivity contribution < 1.29 is 17.9 Å². The molecule has 0 amide bonds. The first kappa shape index (κ1) is 22.9. The summed E-state index contributed by atoms with van der Waals surface area (Å²) in [6.07, 6.45) is 1.26.